The lowest BCUT2D eigenvalue weighted by molar-refractivity contribution is 0.0951. The second-order valence-electron chi connectivity index (χ2n) is 3.25. The summed E-state index contributed by atoms with van der Waals surface area (Å²) in [6.45, 7) is 0.499. The highest BCUT2D eigenvalue weighted by Crippen LogP contribution is 2.18. The van der Waals surface area contributed by atoms with Crippen LogP contribution < -0.4 is 5.32 Å². The van der Waals surface area contributed by atoms with Crippen molar-refractivity contribution in [2.45, 2.75) is 6.54 Å². The molecule has 0 atom stereocenters. The molecule has 1 N–H and O–H groups in total. The maximum Gasteiger partial charge on any atom is 0.254 e. The molecule has 2 aromatic rings. The second-order valence-corrected chi connectivity index (χ2v) is 5.56. The highest BCUT2D eigenvalue weighted by atomic mass is 79.9. The van der Waals surface area contributed by atoms with Gasteiger partial charge in [0.05, 0.1) is 12.1 Å². The first kappa shape index (κ1) is 12.5. The van der Waals surface area contributed by atoms with Crippen LogP contribution in [0.15, 0.2) is 34.2 Å². The summed E-state index contributed by atoms with van der Waals surface area (Å²) in [6, 6.07) is 5.56. The fraction of sp³-hybridized carbons (Fsp3) is 0.0909. The molecule has 2 rings (SSSR count). The van der Waals surface area contributed by atoms with E-state index >= 15 is 0 Å². The summed E-state index contributed by atoms with van der Waals surface area (Å²) in [5.41, 5.74) is 0.373. The Morgan fingerprint density at radius 1 is 1.59 bits per heavy atom. The maximum atomic E-state index is 11.9. The average molecular weight is 332 g/mol. The highest BCUT2D eigenvalue weighted by Gasteiger charge is 2.11. The normalized spacial score (nSPS) is 10.2. The van der Waals surface area contributed by atoms with Gasteiger partial charge in [-0.05, 0) is 33.4 Å². The summed E-state index contributed by atoms with van der Waals surface area (Å²) in [4.78, 5) is 16.9. The van der Waals surface area contributed by atoms with Crippen molar-refractivity contribution in [3.63, 3.8) is 0 Å². The lowest BCUT2D eigenvalue weighted by Crippen LogP contribution is -2.22. The van der Waals surface area contributed by atoms with Gasteiger partial charge in [0.2, 0.25) is 0 Å². The van der Waals surface area contributed by atoms with Crippen LogP contribution in [0.1, 0.15) is 15.2 Å². The van der Waals surface area contributed by atoms with Crippen molar-refractivity contribution in [2.24, 2.45) is 0 Å². The molecule has 17 heavy (non-hydrogen) atoms. The number of halogens is 2. The van der Waals surface area contributed by atoms with Crippen LogP contribution in [0.4, 0.5) is 0 Å². The molecule has 3 nitrogen and oxygen atoms in total. The molecule has 2 heterocycles. The van der Waals surface area contributed by atoms with E-state index in [-0.39, 0.29) is 11.1 Å². The molecule has 0 spiro atoms. The number of carbonyl (C=O) groups excluding carboxylic acids is 1. The van der Waals surface area contributed by atoms with E-state index in [4.69, 9.17) is 11.6 Å². The van der Waals surface area contributed by atoms with Gasteiger partial charge in [-0.1, -0.05) is 17.7 Å². The van der Waals surface area contributed by atoms with Crippen molar-refractivity contribution in [1.29, 1.82) is 0 Å². The van der Waals surface area contributed by atoms with E-state index in [1.165, 1.54) is 0 Å². The molecule has 0 saturated heterocycles. The lowest BCUT2D eigenvalue weighted by Gasteiger charge is -2.05. The van der Waals surface area contributed by atoms with Crippen LogP contribution in [-0.4, -0.2) is 10.9 Å². The number of nitrogens with zero attached hydrogens (tertiary/aromatic N) is 1. The standard InChI is InChI=1S/C11H8BrClN2OS/c12-7-4-9(10(13)14-5-7)11(16)15-6-8-2-1-3-17-8/h1-5H,6H2,(H,15,16). The quantitative estimate of drug-likeness (QED) is 0.875. The molecule has 2 aromatic heterocycles. The van der Waals surface area contributed by atoms with Gasteiger partial charge >= 0.3 is 0 Å². The number of nitrogens with one attached hydrogen (secondary N) is 1. The molecule has 0 unspecified atom stereocenters. The summed E-state index contributed by atoms with van der Waals surface area (Å²) >= 11 is 10.7. The van der Waals surface area contributed by atoms with Crippen LogP contribution >= 0.6 is 38.9 Å². The van der Waals surface area contributed by atoms with E-state index in [9.17, 15) is 4.79 Å². The number of pyridine rings is 1. The third-order valence-electron chi connectivity index (χ3n) is 2.05. The lowest BCUT2D eigenvalue weighted by atomic mass is 10.2. The van der Waals surface area contributed by atoms with E-state index in [1.54, 1.807) is 23.6 Å². The molecular weight excluding hydrogens is 324 g/mol. The van der Waals surface area contributed by atoms with Gasteiger partial charge in [0, 0.05) is 15.5 Å². The SMILES string of the molecule is O=C(NCc1cccs1)c1cc(Br)cnc1Cl. The molecule has 0 saturated carbocycles. The van der Waals surface area contributed by atoms with Gasteiger partial charge in [0.15, 0.2) is 0 Å². The Bertz CT molecular complexity index is 530. The molecule has 88 valence electrons. The second kappa shape index (κ2) is 5.62. The fourth-order valence-corrected chi connectivity index (χ4v) is 2.42. The molecule has 0 bridgehead atoms. The van der Waals surface area contributed by atoms with Gasteiger partial charge in [-0.25, -0.2) is 4.98 Å². The van der Waals surface area contributed by atoms with Crippen molar-refractivity contribution in [3.8, 4) is 0 Å². The minimum Gasteiger partial charge on any atom is -0.347 e. The van der Waals surface area contributed by atoms with E-state index < -0.39 is 0 Å². The summed E-state index contributed by atoms with van der Waals surface area (Å²) in [5, 5.41) is 4.97. The molecule has 0 aromatic carbocycles. The molecule has 0 aliphatic rings. The van der Waals surface area contributed by atoms with Crippen molar-refractivity contribution in [3.05, 3.63) is 49.8 Å². The summed E-state index contributed by atoms with van der Waals surface area (Å²) in [7, 11) is 0. The van der Waals surface area contributed by atoms with Gasteiger partial charge in [0.25, 0.3) is 5.91 Å². The Kier molecular flexibility index (Phi) is 4.15. The molecule has 0 radical (unpaired) electrons. The third kappa shape index (κ3) is 3.28. The van der Waals surface area contributed by atoms with Crippen LogP contribution in [0.5, 0.6) is 0 Å². The van der Waals surface area contributed by atoms with E-state index in [1.807, 2.05) is 17.5 Å². The van der Waals surface area contributed by atoms with Crippen LogP contribution in [0.25, 0.3) is 0 Å². The number of amides is 1. The fourth-order valence-electron chi connectivity index (χ4n) is 1.26. The van der Waals surface area contributed by atoms with Gasteiger partial charge < -0.3 is 5.32 Å². The topological polar surface area (TPSA) is 42.0 Å². The van der Waals surface area contributed by atoms with Crippen LogP contribution in [0.3, 0.4) is 0 Å². The predicted octanol–water partition coefficient (Wildman–Crippen LogP) is 3.49. The molecule has 1 amide bonds. The zero-order chi connectivity index (χ0) is 12.3. The monoisotopic (exact) mass is 330 g/mol. The van der Waals surface area contributed by atoms with E-state index in [2.05, 4.69) is 26.2 Å². The zero-order valence-corrected chi connectivity index (χ0v) is 11.8. The van der Waals surface area contributed by atoms with E-state index in [0.717, 1.165) is 9.35 Å². The Morgan fingerprint density at radius 2 is 2.41 bits per heavy atom. The summed E-state index contributed by atoms with van der Waals surface area (Å²) in [5.74, 6) is -0.225. The maximum absolute atomic E-state index is 11.9. The van der Waals surface area contributed by atoms with Crippen LogP contribution in [0.2, 0.25) is 5.15 Å². The number of aromatic nitrogens is 1. The molecule has 6 heteroatoms. The summed E-state index contributed by atoms with van der Waals surface area (Å²) < 4.78 is 0.725. The number of carbonyl (C=O) groups is 1. The number of thiophene rings is 1. The number of hydrogen-bond donors (Lipinski definition) is 1. The van der Waals surface area contributed by atoms with Crippen LogP contribution in [0, 0.1) is 0 Å². The largest absolute Gasteiger partial charge is 0.347 e. The first-order chi connectivity index (χ1) is 8.16. The van der Waals surface area contributed by atoms with Gasteiger partial charge in [-0.15, -0.1) is 11.3 Å². The highest BCUT2D eigenvalue weighted by molar-refractivity contribution is 9.10. The minimum absolute atomic E-state index is 0.205. The Balaban J connectivity index is 2.07. The van der Waals surface area contributed by atoms with Gasteiger partial charge in [0.1, 0.15) is 5.15 Å². The zero-order valence-electron chi connectivity index (χ0n) is 8.61. The average Bonchev–Trinajstić information content (AvgIpc) is 2.82. The first-order valence-electron chi connectivity index (χ1n) is 4.78. The van der Waals surface area contributed by atoms with E-state index in [0.29, 0.717) is 12.1 Å². The van der Waals surface area contributed by atoms with Gasteiger partial charge in [-0.3, -0.25) is 4.79 Å². The first-order valence-corrected chi connectivity index (χ1v) is 6.83. The molecule has 0 aliphatic carbocycles. The van der Waals surface area contributed by atoms with Gasteiger partial charge in [-0.2, -0.15) is 0 Å². The minimum atomic E-state index is -0.225. The van der Waals surface area contributed by atoms with Crippen molar-refractivity contribution in [1.82, 2.24) is 10.3 Å². The van der Waals surface area contributed by atoms with Crippen molar-refractivity contribution < 1.29 is 4.79 Å². The summed E-state index contributed by atoms with van der Waals surface area (Å²) in [6.07, 6.45) is 1.55. The predicted molar refractivity (Wildman–Crippen MR) is 72.4 cm³/mol. The van der Waals surface area contributed by atoms with Crippen LogP contribution in [-0.2, 0) is 6.54 Å². The van der Waals surface area contributed by atoms with Crippen molar-refractivity contribution >= 4 is 44.8 Å². The Morgan fingerprint density at radius 3 is 3.12 bits per heavy atom. The third-order valence-corrected chi connectivity index (χ3v) is 3.66. The molecule has 0 fully saturated rings. The number of rotatable bonds is 3. The Labute approximate surface area is 116 Å². The molecular formula is C11H8BrClN2OS. The molecule has 0 aliphatic heterocycles. The number of hydrogen-bond acceptors (Lipinski definition) is 3. The Hall–Kier alpha value is -0.910. The smallest absolute Gasteiger partial charge is 0.254 e. The van der Waals surface area contributed by atoms with Crippen molar-refractivity contribution in [2.75, 3.05) is 0 Å².